The lowest BCUT2D eigenvalue weighted by Gasteiger charge is -2.26. The van der Waals surface area contributed by atoms with E-state index in [2.05, 4.69) is 29.1 Å². The van der Waals surface area contributed by atoms with Gasteiger partial charge in [0.25, 0.3) is 5.91 Å². The molecule has 144 valence electrons. The Morgan fingerprint density at radius 2 is 1.74 bits per heavy atom. The summed E-state index contributed by atoms with van der Waals surface area (Å²) in [5.41, 5.74) is 1.75. The zero-order chi connectivity index (χ0) is 20.1. The highest BCUT2D eigenvalue weighted by atomic mass is 16.4. The Bertz CT molecular complexity index is 816. The Morgan fingerprint density at radius 1 is 1.11 bits per heavy atom. The lowest BCUT2D eigenvalue weighted by molar-refractivity contribution is 0.0696. The third-order valence-electron chi connectivity index (χ3n) is 4.17. The average molecular weight is 370 g/mol. The van der Waals surface area contributed by atoms with Gasteiger partial charge in [-0.25, -0.2) is 14.8 Å². The lowest BCUT2D eigenvalue weighted by Crippen LogP contribution is -2.33. The molecule has 2 aromatic rings. The highest BCUT2D eigenvalue weighted by Gasteiger charge is 2.18. The van der Waals surface area contributed by atoms with E-state index in [1.807, 2.05) is 25.7 Å². The first-order chi connectivity index (χ1) is 12.7. The van der Waals surface area contributed by atoms with Gasteiger partial charge in [0.05, 0.1) is 5.56 Å². The van der Waals surface area contributed by atoms with Gasteiger partial charge in [-0.05, 0) is 57.0 Å². The van der Waals surface area contributed by atoms with Crippen LogP contribution >= 0.6 is 0 Å². The van der Waals surface area contributed by atoms with Crippen LogP contribution in [0.5, 0.6) is 0 Å². The highest BCUT2D eigenvalue weighted by molar-refractivity contribution is 6.03. The number of nitrogens with one attached hydrogen (secondary N) is 1. The lowest BCUT2D eigenvalue weighted by atomic mass is 10.1. The van der Waals surface area contributed by atoms with Crippen LogP contribution in [0.25, 0.3) is 0 Å². The molecule has 2 N–H and O–H groups in total. The molecule has 0 radical (unpaired) electrons. The van der Waals surface area contributed by atoms with Gasteiger partial charge in [-0.1, -0.05) is 13.8 Å². The van der Waals surface area contributed by atoms with E-state index in [4.69, 9.17) is 5.11 Å². The van der Waals surface area contributed by atoms with E-state index in [1.54, 1.807) is 18.2 Å². The van der Waals surface area contributed by atoms with E-state index in [1.165, 1.54) is 12.1 Å². The zero-order valence-electron chi connectivity index (χ0n) is 16.4. The van der Waals surface area contributed by atoms with Gasteiger partial charge in [-0.3, -0.25) is 4.79 Å². The van der Waals surface area contributed by atoms with Crippen molar-refractivity contribution in [3.63, 3.8) is 0 Å². The molecule has 0 saturated heterocycles. The summed E-state index contributed by atoms with van der Waals surface area (Å²) in [5, 5.41) is 11.7. The monoisotopic (exact) mass is 370 g/mol. The first kappa shape index (κ1) is 20.4. The Balaban J connectivity index is 2.33. The molecular weight excluding hydrogens is 344 g/mol. The third-order valence-corrected chi connectivity index (χ3v) is 4.17. The summed E-state index contributed by atoms with van der Waals surface area (Å²) in [7, 11) is 0. The van der Waals surface area contributed by atoms with Gasteiger partial charge >= 0.3 is 5.97 Å². The minimum absolute atomic E-state index is 0.152. The predicted octanol–water partition coefficient (Wildman–Crippen LogP) is 3.79. The number of nitrogens with zero attached hydrogens (tertiary/aromatic N) is 3. The van der Waals surface area contributed by atoms with Crippen molar-refractivity contribution in [3.05, 3.63) is 47.3 Å². The molecule has 0 bridgehead atoms. The number of aromatic carboxylic acids is 1. The van der Waals surface area contributed by atoms with Crippen LogP contribution in [-0.2, 0) is 0 Å². The molecule has 0 atom stereocenters. The van der Waals surface area contributed by atoms with Crippen LogP contribution in [0, 0.1) is 0 Å². The van der Waals surface area contributed by atoms with Crippen LogP contribution in [0.15, 0.2) is 30.3 Å². The van der Waals surface area contributed by atoms with Gasteiger partial charge in [0, 0.05) is 24.0 Å². The molecule has 0 spiro atoms. The van der Waals surface area contributed by atoms with Crippen molar-refractivity contribution >= 4 is 23.5 Å². The maximum absolute atomic E-state index is 12.7. The van der Waals surface area contributed by atoms with Crippen molar-refractivity contribution in [2.75, 3.05) is 16.8 Å². The second-order valence-electron chi connectivity index (χ2n) is 6.85. The van der Waals surface area contributed by atoms with Crippen LogP contribution in [0.1, 0.15) is 67.1 Å². The van der Waals surface area contributed by atoms with Crippen molar-refractivity contribution in [1.82, 2.24) is 9.97 Å². The zero-order valence-corrected chi connectivity index (χ0v) is 16.4. The molecular formula is C20H26N4O3. The number of hydrogen-bond donors (Lipinski definition) is 2. The van der Waals surface area contributed by atoms with Crippen LogP contribution in [0.3, 0.4) is 0 Å². The molecule has 1 aromatic carbocycles. The molecule has 0 saturated carbocycles. The van der Waals surface area contributed by atoms with Gasteiger partial charge in [-0.15, -0.1) is 0 Å². The topological polar surface area (TPSA) is 95.4 Å². The Kier molecular flexibility index (Phi) is 6.50. The Labute approximate surface area is 159 Å². The average Bonchev–Trinajstić information content (AvgIpc) is 2.62. The van der Waals surface area contributed by atoms with Crippen LogP contribution in [-0.4, -0.2) is 39.5 Å². The van der Waals surface area contributed by atoms with E-state index < -0.39 is 5.97 Å². The van der Waals surface area contributed by atoms with E-state index >= 15 is 0 Å². The van der Waals surface area contributed by atoms with Crippen molar-refractivity contribution in [1.29, 1.82) is 0 Å². The fourth-order valence-electron chi connectivity index (χ4n) is 2.62. The van der Waals surface area contributed by atoms with E-state index in [0.717, 1.165) is 12.2 Å². The van der Waals surface area contributed by atoms with Crippen molar-refractivity contribution < 1.29 is 14.7 Å². The summed E-state index contributed by atoms with van der Waals surface area (Å²) in [6.45, 7) is 10.9. The first-order valence-electron chi connectivity index (χ1n) is 9.03. The van der Waals surface area contributed by atoms with Crippen LogP contribution in [0.4, 0.5) is 11.6 Å². The van der Waals surface area contributed by atoms with Crippen molar-refractivity contribution in [2.45, 2.75) is 46.6 Å². The number of anilines is 2. The first-order valence-corrected chi connectivity index (χ1v) is 9.03. The third kappa shape index (κ3) is 5.03. The molecule has 0 aliphatic carbocycles. The molecule has 1 heterocycles. The summed E-state index contributed by atoms with van der Waals surface area (Å²) >= 11 is 0. The Morgan fingerprint density at radius 3 is 2.22 bits per heavy atom. The van der Waals surface area contributed by atoms with Gasteiger partial charge in [0.2, 0.25) is 5.95 Å². The molecule has 27 heavy (non-hydrogen) atoms. The van der Waals surface area contributed by atoms with Crippen LogP contribution in [0.2, 0.25) is 0 Å². The molecule has 1 aromatic heterocycles. The van der Waals surface area contributed by atoms with Crippen molar-refractivity contribution in [2.24, 2.45) is 0 Å². The van der Waals surface area contributed by atoms with Crippen LogP contribution < -0.4 is 10.2 Å². The summed E-state index contributed by atoms with van der Waals surface area (Å²) in [6, 6.07) is 7.90. The standard InChI is InChI=1S/C20H26N4O3/c1-6-24(13(4)5)20-22-16(12(2)3)11-17(23-20)18(25)21-15-9-7-14(8-10-15)19(26)27/h7-13H,6H2,1-5H3,(H,21,25)(H,26,27). The SMILES string of the molecule is CCN(c1nc(C(=O)Nc2ccc(C(=O)O)cc2)cc(C(C)C)n1)C(C)C. The number of carbonyl (C=O) groups excluding carboxylic acids is 1. The number of rotatable bonds is 7. The van der Waals surface area contributed by atoms with Gasteiger partial charge in [0.1, 0.15) is 5.69 Å². The van der Waals surface area contributed by atoms with Gasteiger partial charge in [-0.2, -0.15) is 0 Å². The number of benzene rings is 1. The van der Waals surface area contributed by atoms with Gasteiger partial charge in [0.15, 0.2) is 0 Å². The molecule has 7 nitrogen and oxygen atoms in total. The van der Waals surface area contributed by atoms with E-state index in [-0.39, 0.29) is 29.1 Å². The fourth-order valence-corrected chi connectivity index (χ4v) is 2.62. The number of carbonyl (C=O) groups is 2. The largest absolute Gasteiger partial charge is 0.478 e. The molecule has 1 amide bonds. The predicted molar refractivity (Wildman–Crippen MR) is 106 cm³/mol. The quantitative estimate of drug-likeness (QED) is 0.770. The normalized spacial score (nSPS) is 10.9. The summed E-state index contributed by atoms with van der Waals surface area (Å²) in [5.74, 6) is -0.684. The van der Waals surface area contributed by atoms with E-state index in [9.17, 15) is 9.59 Å². The molecule has 0 unspecified atom stereocenters. The molecule has 7 heteroatoms. The van der Waals surface area contributed by atoms with Gasteiger partial charge < -0.3 is 15.3 Å². The minimum Gasteiger partial charge on any atom is -0.478 e. The summed E-state index contributed by atoms with van der Waals surface area (Å²) in [4.78, 5) is 34.7. The molecule has 0 aliphatic rings. The maximum Gasteiger partial charge on any atom is 0.335 e. The number of carboxylic acid groups (broad SMARTS) is 1. The second kappa shape index (κ2) is 8.62. The molecule has 2 rings (SSSR count). The van der Waals surface area contributed by atoms with E-state index in [0.29, 0.717) is 11.6 Å². The summed E-state index contributed by atoms with van der Waals surface area (Å²) in [6.07, 6.45) is 0. The number of carboxylic acids is 1. The smallest absolute Gasteiger partial charge is 0.335 e. The minimum atomic E-state index is -1.01. The highest BCUT2D eigenvalue weighted by Crippen LogP contribution is 2.20. The maximum atomic E-state index is 12.7. The number of amides is 1. The second-order valence-corrected chi connectivity index (χ2v) is 6.85. The fraction of sp³-hybridized carbons (Fsp3) is 0.400. The molecule has 0 fully saturated rings. The summed E-state index contributed by atoms with van der Waals surface area (Å²) < 4.78 is 0. The molecule has 0 aliphatic heterocycles. The Hall–Kier alpha value is -2.96. The number of hydrogen-bond acceptors (Lipinski definition) is 5. The van der Waals surface area contributed by atoms with Crippen molar-refractivity contribution in [3.8, 4) is 0 Å². The number of aromatic nitrogens is 2.